The molecule has 0 saturated heterocycles. The second-order valence-electron chi connectivity index (χ2n) is 14.5. The minimum absolute atomic E-state index is 0.0232. The molecular weight excluding hydrogens is 656 g/mol. The van der Waals surface area contributed by atoms with E-state index in [9.17, 15) is 4.79 Å². The number of rotatable bonds is 18. The Kier molecular flexibility index (Phi) is 13.9. The molecule has 0 unspecified atom stereocenters. The molecule has 0 N–H and O–H groups in total. The highest BCUT2D eigenvalue weighted by Gasteiger charge is 2.54. The van der Waals surface area contributed by atoms with Crippen LogP contribution in [0.3, 0.4) is 0 Å². The molecule has 6 atom stereocenters. The summed E-state index contributed by atoms with van der Waals surface area (Å²) >= 11 is 0. The fourth-order valence-electron chi connectivity index (χ4n) is 8.01. The monoisotopic (exact) mass is 712 g/mol. The lowest BCUT2D eigenvalue weighted by Gasteiger charge is -2.47. The van der Waals surface area contributed by atoms with Crippen molar-refractivity contribution in [1.29, 1.82) is 0 Å². The number of hydrogen-bond acceptors (Lipinski definition) is 8. The zero-order valence-corrected chi connectivity index (χ0v) is 31.7. The smallest absolute Gasteiger partial charge is 0.165 e. The van der Waals surface area contributed by atoms with Gasteiger partial charge in [0.1, 0.15) is 36.1 Å². The number of ether oxygens (including phenoxy) is 7. The van der Waals surface area contributed by atoms with Crippen molar-refractivity contribution in [3.05, 3.63) is 120 Å². The van der Waals surface area contributed by atoms with Gasteiger partial charge in [0, 0.05) is 24.9 Å². The Morgan fingerprint density at radius 1 is 0.865 bits per heavy atom. The van der Waals surface area contributed by atoms with Crippen molar-refractivity contribution in [3.63, 3.8) is 0 Å². The van der Waals surface area contributed by atoms with Crippen LogP contribution in [0.1, 0.15) is 56.7 Å². The summed E-state index contributed by atoms with van der Waals surface area (Å²) in [5.41, 5.74) is 2.94. The van der Waals surface area contributed by atoms with Crippen LogP contribution in [0.2, 0.25) is 0 Å². The lowest BCUT2D eigenvalue weighted by Crippen LogP contribution is -2.58. The van der Waals surface area contributed by atoms with Crippen LogP contribution in [0.15, 0.2) is 103 Å². The molecule has 1 fully saturated rings. The van der Waals surface area contributed by atoms with E-state index >= 15 is 0 Å². The van der Waals surface area contributed by atoms with E-state index in [-0.39, 0.29) is 43.0 Å². The van der Waals surface area contributed by atoms with Crippen LogP contribution in [0, 0.1) is 23.2 Å². The van der Waals surface area contributed by atoms with Gasteiger partial charge in [0.25, 0.3) is 0 Å². The second kappa shape index (κ2) is 18.3. The minimum Gasteiger partial charge on any atom is -0.497 e. The molecule has 0 spiro atoms. The molecule has 0 heterocycles. The molecule has 280 valence electrons. The zero-order valence-electron chi connectivity index (χ0n) is 31.7. The standard InChI is InChI=1S/C44H56O8/c1-8-40(50-27-34-16-22-37(48-7)23-17-34)44(52-28-32-12-10-9-11-13-32,29-49-26-33-14-20-36(47-6)21-15-33)38-24-18-35-19-25-39(43(35,3)4)42(51-30-46-5)41(45)31(38)2/h8-18,20-23,31,38-40,42H,1,19,24-30H2,2-7H3/b35-18-/t31-,38+,39-,40-,42-,44-/m1/s1. The van der Waals surface area contributed by atoms with E-state index in [1.807, 2.05) is 85.8 Å². The van der Waals surface area contributed by atoms with Gasteiger partial charge in [-0.05, 0) is 65.6 Å². The number of carbonyl (C=O) groups excluding carboxylic acids is 1. The molecule has 8 heteroatoms. The third kappa shape index (κ3) is 9.04. The van der Waals surface area contributed by atoms with Gasteiger partial charge in [-0.1, -0.05) is 93.1 Å². The summed E-state index contributed by atoms with van der Waals surface area (Å²) in [6, 6.07) is 25.7. The van der Waals surface area contributed by atoms with Crippen molar-refractivity contribution >= 4 is 5.78 Å². The van der Waals surface area contributed by atoms with E-state index in [1.165, 1.54) is 5.57 Å². The SMILES string of the molecule is C=C[C@@H](OCc1ccc(OC)cc1)[C@](COCc1ccc(OC)cc1)(OCc1ccccc1)[C@H]1C/C=C2/CC[C@H]([C@@H](OCOC)C(=O)[C@@H]1C)C2(C)C. The Balaban J connectivity index is 1.59. The number of fused-ring (bicyclic) bond motifs is 2. The van der Waals surface area contributed by atoms with Gasteiger partial charge >= 0.3 is 0 Å². The molecule has 1 saturated carbocycles. The van der Waals surface area contributed by atoms with Crippen LogP contribution in [0.4, 0.5) is 0 Å². The summed E-state index contributed by atoms with van der Waals surface area (Å²) in [6.07, 6.45) is 5.24. The molecule has 0 aromatic heterocycles. The predicted molar refractivity (Wildman–Crippen MR) is 202 cm³/mol. The van der Waals surface area contributed by atoms with Crippen LogP contribution >= 0.6 is 0 Å². The van der Waals surface area contributed by atoms with Gasteiger partial charge in [-0.3, -0.25) is 4.79 Å². The Hall–Kier alpha value is -3.79. The fraction of sp³-hybridized carbons (Fsp3) is 0.477. The predicted octanol–water partition coefficient (Wildman–Crippen LogP) is 8.52. The van der Waals surface area contributed by atoms with Crippen molar-refractivity contribution < 1.29 is 38.0 Å². The number of hydrogen-bond donors (Lipinski definition) is 0. The van der Waals surface area contributed by atoms with Gasteiger partial charge < -0.3 is 33.2 Å². The van der Waals surface area contributed by atoms with Crippen molar-refractivity contribution in [3.8, 4) is 11.5 Å². The summed E-state index contributed by atoms with van der Waals surface area (Å²) < 4.78 is 43.1. The Morgan fingerprint density at radius 2 is 1.48 bits per heavy atom. The van der Waals surface area contributed by atoms with E-state index in [0.717, 1.165) is 41.0 Å². The topological polar surface area (TPSA) is 81.7 Å². The number of methoxy groups -OCH3 is 3. The number of carbonyl (C=O) groups is 1. The summed E-state index contributed by atoms with van der Waals surface area (Å²) in [5, 5.41) is 0. The Morgan fingerprint density at radius 3 is 2.08 bits per heavy atom. The molecule has 2 bridgehead atoms. The van der Waals surface area contributed by atoms with Gasteiger partial charge in [-0.25, -0.2) is 0 Å². The van der Waals surface area contributed by atoms with Crippen LogP contribution in [0.5, 0.6) is 11.5 Å². The highest BCUT2D eigenvalue weighted by Crippen LogP contribution is 2.52. The van der Waals surface area contributed by atoms with E-state index in [1.54, 1.807) is 27.4 Å². The highest BCUT2D eigenvalue weighted by molar-refractivity contribution is 5.86. The molecule has 2 aliphatic rings. The van der Waals surface area contributed by atoms with Gasteiger partial charge in [-0.2, -0.15) is 0 Å². The number of Topliss-reactive ketones (excluding diaryl/α,β-unsaturated/α-hetero) is 1. The number of benzene rings is 3. The fourth-order valence-corrected chi connectivity index (χ4v) is 8.01. The van der Waals surface area contributed by atoms with Crippen LogP contribution in [-0.4, -0.2) is 58.3 Å². The number of allylic oxidation sites excluding steroid dienone is 2. The summed E-state index contributed by atoms with van der Waals surface area (Å²) in [6.45, 7) is 11.9. The van der Waals surface area contributed by atoms with E-state index in [2.05, 4.69) is 26.5 Å². The Labute approximate surface area is 310 Å². The Bertz CT molecular complexity index is 1600. The zero-order chi connectivity index (χ0) is 37.1. The van der Waals surface area contributed by atoms with E-state index < -0.39 is 23.7 Å². The van der Waals surface area contributed by atoms with Crippen LogP contribution in [0.25, 0.3) is 0 Å². The quantitative estimate of drug-likeness (QED) is 0.0960. The minimum atomic E-state index is -1.14. The van der Waals surface area contributed by atoms with Gasteiger partial charge in [0.05, 0.1) is 40.6 Å². The largest absolute Gasteiger partial charge is 0.497 e. The lowest BCUT2D eigenvalue weighted by atomic mass is 9.70. The van der Waals surface area contributed by atoms with E-state index in [4.69, 9.17) is 33.2 Å². The average Bonchev–Trinajstić information content (AvgIpc) is 3.48. The highest BCUT2D eigenvalue weighted by atomic mass is 16.7. The van der Waals surface area contributed by atoms with Gasteiger partial charge in [-0.15, -0.1) is 6.58 Å². The first-order valence-electron chi connectivity index (χ1n) is 18.3. The summed E-state index contributed by atoms with van der Waals surface area (Å²) in [4.78, 5) is 14.9. The van der Waals surface area contributed by atoms with Gasteiger partial charge in [0.2, 0.25) is 0 Å². The van der Waals surface area contributed by atoms with Crippen LogP contribution in [-0.2, 0) is 48.3 Å². The first-order chi connectivity index (χ1) is 25.2. The molecule has 2 aliphatic carbocycles. The molecule has 5 rings (SSSR count). The average molecular weight is 713 g/mol. The maximum Gasteiger partial charge on any atom is 0.165 e. The maximum absolute atomic E-state index is 14.9. The first-order valence-corrected chi connectivity index (χ1v) is 18.3. The molecule has 8 nitrogen and oxygen atoms in total. The first kappa shape index (κ1) is 39.4. The van der Waals surface area contributed by atoms with Crippen molar-refractivity contribution in [2.75, 3.05) is 34.7 Å². The van der Waals surface area contributed by atoms with Crippen LogP contribution < -0.4 is 9.47 Å². The second-order valence-corrected chi connectivity index (χ2v) is 14.5. The van der Waals surface area contributed by atoms with Crippen molar-refractivity contribution in [2.45, 2.75) is 77.7 Å². The molecular formula is C44H56O8. The van der Waals surface area contributed by atoms with Crippen molar-refractivity contribution in [2.24, 2.45) is 23.2 Å². The number of ketones is 1. The molecule has 3 aromatic rings. The third-order valence-corrected chi connectivity index (χ3v) is 11.2. The summed E-state index contributed by atoms with van der Waals surface area (Å²) in [5.74, 6) is 0.754. The van der Waals surface area contributed by atoms with Gasteiger partial charge in [0.15, 0.2) is 5.78 Å². The normalized spacial score (nSPS) is 24.0. The maximum atomic E-state index is 14.9. The van der Waals surface area contributed by atoms with E-state index in [0.29, 0.717) is 19.6 Å². The lowest BCUT2D eigenvalue weighted by molar-refractivity contribution is -0.210. The molecule has 0 aliphatic heterocycles. The summed E-state index contributed by atoms with van der Waals surface area (Å²) in [7, 11) is 4.89. The van der Waals surface area contributed by atoms with Crippen molar-refractivity contribution in [1.82, 2.24) is 0 Å². The molecule has 3 aromatic carbocycles. The molecule has 0 amide bonds. The molecule has 52 heavy (non-hydrogen) atoms. The third-order valence-electron chi connectivity index (χ3n) is 11.2. The molecule has 0 radical (unpaired) electrons.